The third-order valence-corrected chi connectivity index (χ3v) is 6.87. The van der Waals surface area contributed by atoms with Gasteiger partial charge in [0.2, 0.25) is 5.91 Å². The van der Waals surface area contributed by atoms with E-state index in [1.54, 1.807) is 24.8 Å². The Bertz CT molecular complexity index is 1620. The van der Waals surface area contributed by atoms with Crippen molar-refractivity contribution in [3.63, 3.8) is 0 Å². The summed E-state index contributed by atoms with van der Waals surface area (Å²) in [7, 11) is 0. The zero-order chi connectivity index (χ0) is 25.9. The van der Waals surface area contributed by atoms with Crippen molar-refractivity contribution < 1.29 is 4.79 Å². The Morgan fingerprint density at radius 2 is 2.00 bits per heavy atom. The van der Waals surface area contributed by atoms with Crippen LogP contribution < -0.4 is 16.2 Å². The lowest BCUT2D eigenvalue weighted by molar-refractivity contribution is -0.121. The number of carbonyl (C=O) groups excluding carboxylic acids is 1. The zero-order valence-corrected chi connectivity index (χ0v) is 20.9. The lowest BCUT2D eigenvalue weighted by Crippen LogP contribution is -2.34. The predicted molar refractivity (Wildman–Crippen MR) is 145 cm³/mol. The molecule has 0 spiro atoms. The molecule has 0 saturated carbocycles. The highest BCUT2D eigenvalue weighted by molar-refractivity contribution is 5.80. The van der Waals surface area contributed by atoms with E-state index in [1.807, 2.05) is 47.1 Å². The third-order valence-electron chi connectivity index (χ3n) is 6.87. The molecule has 1 aromatic carbocycles. The van der Waals surface area contributed by atoms with Crippen molar-refractivity contribution in [1.29, 1.82) is 0 Å². The van der Waals surface area contributed by atoms with Crippen LogP contribution in [0, 0.1) is 0 Å². The van der Waals surface area contributed by atoms with Crippen molar-refractivity contribution in [1.82, 2.24) is 34.6 Å². The summed E-state index contributed by atoms with van der Waals surface area (Å²) in [5.41, 5.74) is 5.16. The standard InChI is InChI=1S/C28H28N8O2/c37-26(31-15-21-13-20-14-29-10-9-23(20)34-21)18-35-25(22-16-33-36-12-4-7-24(22)36)17-32-27(28(35)38)30-11-8-19-5-2-1-3-6-19/h1-3,5-6,9-10,13-14,16-17,34H,4,7-8,11-12,15,18H2,(H,30,32)(H,31,37). The largest absolute Gasteiger partial charge is 0.365 e. The minimum Gasteiger partial charge on any atom is -0.365 e. The maximum absolute atomic E-state index is 13.6. The highest BCUT2D eigenvalue weighted by Gasteiger charge is 2.22. The molecular formula is C28H28N8O2. The van der Waals surface area contributed by atoms with Gasteiger partial charge in [0, 0.05) is 53.3 Å². The van der Waals surface area contributed by atoms with E-state index in [-0.39, 0.29) is 23.8 Å². The van der Waals surface area contributed by atoms with Crippen molar-refractivity contribution in [2.24, 2.45) is 0 Å². The van der Waals surface area contributed by atoms with Crippen LogP contribution in [0.25, 0.3) is 22.2 Å². The van der Waals surface area contributed by atoms with Crippen molar-refractivity contribution in [3.8, 4) is 11.3 Å². The molecule has 0 saturated heterocycles. The van der Waals surface area contributed by atoms with E-state index >= 15 is 0 Å². The molecule has 6 rings (SSSR count). The van der Waals surface area contributed by atoms with Crippen LogP contribution in [0.1, 0.15) is 23.4 Å². The SMILES string of the molecule is O=C(Cn1c(-c2cnn3c2CCC3)cnc(NCCc2ccccc2)c1=O)NCc1cc2cnccc2[nH]1. The Hall–Kier alpha value is -4.73. The predicted octanol–water partition coefficient (Wildman–Crippen LogP) is 2.90. The summed E-state index contributed by atoms with van der Waals surface area (Å²) in [6.07, 6.45) is 9.56. The molecule has 3 N–H and O–H groups in total. The molecule has 192 valence electrons. The summed E-state index contributed by atoms with van der Waals surface area (Å²) in [5.74, 6) is -0.0419. The normalized spacial score (nSPS) is 12.5. The summed E-state index contributed by atoms with van der Waals surface area (Å²) in [6, 6.07) is 13.9. The Balaban J connectivity index is 1.23. The molecule has 4 aromatic heterocycles. The maximum Gasteiger partial charge on any atom is 0.294 e. The van der Waals surface area contributed by atoms with E-state index < -0.39 is 0 Å². The fourth-order valence-corrected chi connectivity index (χ4v) is 4.95. The lowest BCUT2D eigenvalue weighted by atomic mass is 10.1. The van der Waals surface area contributed by atoms with Crippen molar-refractivity contribution >= 4 is 22.6 Å². The fourth-order valence-electron chi connectivity index (χ4n) is 4.95. The molecule has 0 radical (unpaired) electrons. The second-order valence-electron chi connectivity index (χ2n) is 9.41. The van der Waals surface area contributed by atoms with Crippen LogP contribution in [0.4, 0.5) is 5.82 Å². The number of aromatic nitrogens is 6. The highest BCUT2D eigenvalue weighted by Crippen LogP contribution is 2.27. The Morgan fingerprint density at radius 3 is 2.87 bits per heavy atom. The van der Waals surface area contributed by atoms with E-state index in [9.17, 15) is 9.59 Å². The molecule has 10 heteroatoms. The van der Waals surface area contributed by atoms with E-state index in [1.165, 1.54) is 10.1 Å². The summed E-state index contributed by atoms with van der Waals surface area (Å²) >= 11 is 0. The van der Waals surface area contributed by atoms with Crippen molar-refractivity contribution in [2.75, 3.05) is 11.9 Å². The van der Waals surface area contributed by atoms with Crippen LogP contribution in [0.5, 0.6) is 0 Å². The lowest BCUT2D eigenvalue weighted by Gasteiger charge is -2.15. The molecule has 1 amide bonds. The van der Waals surface area contributed by atoms with Crippen LogP contribution >= 0.6 is 0 Å². The second-order valence-corrected chi connectivity index (χ2v) is 9.41. The van der Waals surface area contributed by atoms with Gasteiger partial charge in [0.05, 0.1) is 24.6 Å². The van der Waals surface area contributed by atoms with Gasteiger partial charge in [-0.25, -0.2) is 4.98 Å². The first-order valence-electron chi connectivity index (χ1n) is 12.8. The molecule has 5 aromatic rings. The molecule has 0 unspecified atom stereocenters. The molecule has 0 atom stereocenters. The molecular weight excluding hydrogens is 480 g/mol. The van der Waals surface area contributed by atoms with Gasteiger partial charge in [-0.2, -0.15) is 5.10 Å². The number of carbonyl (C=O) groups is 1. The minimum absolute atomic E-state index is 0.129. The van der Waals surface area contributed by atoms with Gasteiger partial charge in [0.15, 0.2) is 5.82 Å². The Labute approximate surface area is 218 Å². The zero-order valence-electron chi connectivity index (χ0n) is 20.9. The van der Waals surface area contributed by atoms with Gasteiger partial charge in [-0.1, -0.05) is 30.3 Å². The molecule has 0 fully saturated rings. The number of hydrogen-bond donors (Lipinski definition) is 3. The molecule has 0 aliphatic carbocycles. The molecule has 0 bridgehead atoms. The average molecular weight is 509 g/mol. The van der Waals surface area contributed by atoms with Crippen molar-refractivity contribution in [3.05, 3.63) is 94.6 Å². The molecule has 1 aliphatic rings. The Kier molecular flexibility index (Phi) is 6.43. The summed E-state index contributed by atoms with van der Waals surface area (Å²) in [6.45, 7) is 1.59. The quantitative estimate of drug-likeness (QED) is 0.281. The van der Waals surface area contributed by atoms with Crippen LogP contribution in [-0.2, 0) is 37.3 Å². The first-order valence-corrected chi connectivity index (χ1v) is 12.8. The van der Waals surface area contributed by atoms with Crippen molar-refractivity contribution in [2.45, 2.75) is 38.9 Å². The van der Waals surface area contributed by atoms with Gasteiger partial charge in [-0.15, -0.1) is 0 Å². The van der Waals surface area contributed by atoms with Crippen LogP contribution in [0.15, 0.2) is 72.0 Å². The highest BCUT2D eigenvalue weighted by atomic mass is 16.2. The monoisotopic (exact) mass is 508 g/mol. The first-order chi connectivity index (χ1) is 18.7. The first kappa shape index (κ1) is 23.7. The molecule has 5 heterocycles. The number of benzene rings is 1. The number of aromatic amines is 1. The fraction of sp³-hybridized carbons (Fsp3) is 0.250. The number of amides is 1. The number of aryl methyl sites for hydroxylation is 1. The third kappa shape index (κ3) is 4.80. The minimum atomic E-state index is -0.333. The van der Waals surface area contributed by atoms with E-state index in [2.05, 4.69) is 30.7 Å². The number of hydrogen-bond acceptors (Lipinski definition) is 6. The molecule has 38 heavy (non-hydrogen) atoms. The van der Waals surface area contributed by atoms with Crippen LogP contribution in [0.3, 0.4) is 0 Å². The molecule has 1 aliphatic heterocycles. The molecule has 10 nitrogen and oxygen atoms in total. The van der Waals surface area contributed by atoms with Crippen LogP contribution in [0.2, 0.25) is 0 Å². The Morgan fingerprint density at radius 1 is 1.11 bits per heavy atom. The van der Waals surface area contributed by atoms with E-state index in [0.29, 0.717) is 18.8 Å². The number of anilines is 1. The second kappa shape index (κ2) is 10.3. The maximum atomic E-state index is 13.6. The van der Waals surface area contributed by atoms with E-state index in [0.717, 1.165) is 53.7 Å². The average Bonchev–Trinajstić information content (AvgIpc) is 3.66. The van der Waals surface area contributed by atoms with E-state index in [4.69, 9.17) is 0 Å². The number of nitrogens with zero attached hydrogens (tertiary/aromatic N) is 5. The summed E-state index contributed by atoms with van der Waals surface area (Å²) < 4.78 is 3.46. The van der Waals surface area contributed by atoms with Gasteiger partial charge in [0.1, 0.15) is 6.54 Å². The van der Waals surface area contributed by atoms with Gasteiger partial charge in [-0.05, 0) is 37.0 Å². The van der Waals surface area contributed by atoms with Crippen LogP contribution in [-0.4, -0.2) is 41.8 Å². The van der Waals surface area contributed by atoms with Gasteiger partial charge in [-0.3, -0.25) is 23.8 Å². The number of fused-ring (bicyclic) bond motifs is 2. The number of H-pyrrole nitrogens is 1. The number of rotatable bonds is 9. The van der Waals surface area contributed by atoms with Gasteiger partial charge in [0.25, 0.3) is 5.56 Å². The smallest absolute Gasteiger partial charge is 0.294 e. The summed E-state index contributed by atoms with van der Waals surface area (Å²) in [4.78, 5) is 38.5. The van der Waals surface area contributed by atoms with Gasteiger partial charge >= 0.3 is 0 Å². The number of nitrogens with one attached hydrogen (secondary N) is 3. The summed E-state index contributed by atoms with van der Waals surface area (Å²) in [5, 5.41) is 11.5. The topological polar surface area (TPSA) is 123 Å². The number of pyridine rings is 1. The van der Waals surface area contributed by atoms with Gasteiger partial charge < -0.3 is 15.6 Å².